The highest BCUT2D eigenvalue weighted by molar-refractivity contribution is 7.99. The molecule has 0 aliphatic carbocycles. The predicted octanol–water partition coefficient (Wildman–Crippen LogP) is 1.99. The van der Waals surface area contributed by atoms with E-state index >= 15 is 0 Å². The zero-order valence-electron chi connectivity index (χ0n) is 7.36. The highest BCUT2D eigenvalue weighted by Crippen LogP contribution is 2.27. The Hall–Kier alpha value is -0.650. The standard InChI is InChI=1S/C9H11F2NOS/c10-9(11)14-7-3-1-2-6(4-7)8(13)5-12/h1-4,8-9,13H,5,12H2/t8-/m1/s1. The van der Waals surface area contributed by atoms with Crippen molar-refractivity contribution >= 4 is 11.8 Å². The molecule has 0 spiro atoms. The SMILES string of the molecule is NC[C@@H](O)c1cccc(SC(F)F)c1. The van der Waals surface area contributed by atoms with Crippen molar-refractivity contribution in [3.05, 3.63) is 29.8 Å². The molecule has 5 heteroatoms. The molecule has 0 saturated heterocycles. The highest BCUT2D eigenvalue weighted by Gasteiger charge is 2.08. The molecule has 1 rings (SSSR count). The molecule has 0 aromatic heterocycles. The fourth-order valence-electron chi connectivity index (χ4n) is 1.03. The van der Waals surface area contributed by atoms with Crippen LogP contribution in [-0.4, -0.2) is 17.4 Å². The summed E-state index contributed by atoms with van der Waals surface area (Å²) in [5, 5.41) is 9.37. The molecule has 2 nitrogen and oxygen atoms in total. The Morgan fingerprint density at radius 1 is 1.43 bits per heavy atom. The van der Waals surface area contributed by atoms with Gasteiger partial charge in [-0.1, -0.05) is 23.9 Å². The molecule has 0 aliphatic rings. The number of hydrogen-bond acceptors (Lipinski definition) is 3. The lowest BCUT2D eigenvalue weighted by molar-refractivity contribution is 0.186. The van der Waals surface area contributed by atoms with Gasteiger partial charge in [-0.3, -0.25) is 0 Å². The van der Waals surface area contributed by atoms with Crippen molar-refractivity contribution in [1.29, 1.82) is 0 Å². The van der Waals surface area contributed by atoms with Crippen LogP contribution in [-0.2, 0) is 0 Å². The van der Waals surface area contributed by atoms with Gasteiger partial charge in [-0.2, -0.15) is 8.78 Å². The van der Waals surface area contributed by atoms with Gasteiger partial charge in [-0.05, 0) is 17.7 Å². The molecule has 0 amide bonds. The van der Waals surface area contributed by atoms with Gasteiger partial charge < -0.3 is 10.8 Å². The first-order valence-electron chi connectivity index (χ1n) is 4.06. The third kappa shape index (κ3) is 3.25. The highest BCUT2D eigenvalue weighted by atomic mass is 32.2. The van der Waals surface area contributed by atoms with E-state index in [2.05, 4.69) is 0 Å². The monoisotopic (exact) mass is 219 g/mol. The largest absolute Gasteiger partial charge is 0.387 e. The van der Waals surface area contributed by atoms with E-state index < -0.39 is 11.9 Å². The number of hydrogen-bond donors (Lipinski definition) is 2. The lowest BCUT2D eigenvalue weighted by Gasteiger charge is -2.09. The second-order valence-electron chi connectivity index (χ2n) is 2.70. The van der Waals surface area contributed by atoms with E-state index in [4.69, 9.17) is 5.73 Å². The van der Waals surface area contributed by atoms with E-state index in [0.29, 0.717) is 22.2 Å². The molecule has 1 aromatic rings. The van der Waals surface area contributed by atoms with Gasteiger partial charge in [0.2, 0.25) is 0 Å². The van der Waals surface area contributed by atoms with Crippen LogP contribution in [0.25, 0.3) is 0 Å². The minimum absolute atomic E-state index is 0.0861. The van der Waals surface area contributed by atoms with Crippen LogP contribution in [0.1, 0.15) is 11.7 Å². The molecule has 3 N–H and O–H groups in total. The summed E-state index contributed by atoms with van der Waals surface area (Å²) in [4.78, 5) is 0.435. The van der Waals surface area contributed by atoms with Crippen LogP contribution in [0, 0.1) is 0 Å². The molecule has 1 atom stereocenters. The zero-order valence-corrected chi connectivity index (χ0v) is 8.18. The molecule has 0 bridgehead atoms. The minimum Gasteiger partial charge on any atom is -0.387 e. The Morgan fingerprint density at radius 3 is 2.71 bits per heavy atom. The third-order valence-corrected chi connectivity index (χ3v) is 2.40. The van der Waals surface area contributed by atoms with E-state index in [0.717, 1.165) is 0 Å². The van der Waals surface area contributed by atoms with Crippen molar-refractivity contribution in [3.63, 3.8) is 0 Å². The summed E-state index contributed by atoms with van der Waals surface area (Å²) in [5.74, 6) is -2.44. The molecule has 0 aliphatic heterocycles. The van der Waals surface area contributed by atoms with Gasteiger partial charge in [0.05, 0.1) is 6.10 Å². The van der Waals surface area contributed by atoms with Crippen LogP contribution < -0.4 is 5.73 Å². The van der Waals surface area contributed by atoms with Crippen molar-refractivity contribution in [2.75, 3.05) is 6.54 Å². The predicted molar refractivity (Wildman–Crippen MR) is 52.3 cm³/mol. The third-order valence-electron chi connectivity index (χ3n) is 1.69. The number of aliphatic hydroxyl groups excluding tert-OH is 1. The van der Waals surface area contributed by atoms with Gasteiger partial charge in [0.15, 0.2) is 0 Å². The first-order valence-corrected chi connectivity index (χ1v) is 4.94. The van der Waals surface area contributed by atoms with E-state index in [1.54, 1.807) is 18.2 Å². The van der Waals surface area contributed by atoms with Gasteiger partial charge in [0.25, 0.3) is 5.76 Å². The van der Waals surface area contributed by atoms with Crippen molar-refractivity contribution in [1.82, 2.24) is 0 Å². The number of alkyl halides is 2. The second-order valence-corrected chi connectivity index (χ2v) is 3.77. The quantitative estimate of drug-likeness (QED) is 0.761. The molecule has 78 valence electrons. The maximum absolute atomic E-state index is 12.0. The Bertz CT molecular complexity index is 296. The Morgan fingerprint density at radius 2 is 2.14 bits per heavy atom. The van der Waals surface area contributed by atoms with Crippen molar-refractivity contribution in [2.24, 2.45) is 5.73 Å². The molecule has 0 fully saturated rings. The molecule has 0 heterocycles. The Balaban J connectivity index is 2.78. The first-order chi connectivity index (χ1) is 6.63. The number of aliphatic hydroxyl groups is 1. The van der Waals surface area contributed by atoms with Crippen LogP contribution in [0.15, 0.2) is 29.2 Å². The second kappa shape index (κ2) is 5.29. The summed E-state index contributed by atoms with van der Waals surface area (Å²) in [5.41, 5.74) is 5.82. The number of thioether (sulfide) groups is 1. The number of nitrogens with two attached hydrogens (primary N) is 1. The fraction of sp³-hybridized carbons (Fsp3) is 0.333. The van der Waals surface area contributed by atoms with Crippen LogP contribution in [0.4, 0.5) is 8.78 Å². The first kappa shape index (κ1) is 11.4. The lowest BCUT2D eigenvalue weighted by Crippen LogP contribution is -2.11. The summed E-state index contributed by atoms with van der Waals surface area (Å²) in [7, 11) is 0. The van der Waals surface area contributed by atoms with Crippen molar-refractivity contribution < 1.29 is 13.9 Å². The van der Waals surface area contributed by atoms with E-state index in [9.17, 15) is 13.9 Å². The fourth-order valence-corrected chi connectivity index (χ4v) is 1.60. The molecular weight excluding hydrogens is 208 g/mol. The topological polar surface area (TPSA) is 46.2 Å². The molecule has 1 aromatic carbocycles. The van der Waals surface area contributed by atoms with Crippen LogP contribution in [0.2, 0.25) is 0 Å². The van der Waals surface area contributed by atoms with Gasteiger partial charge in [-0.15, -0.1) is 0 Å². The van der Waals surface area contributed by atoms with Crippen molar-refractivity contribution in [2.45, 2.75) is 16.8 Å². The molecule has 0 saturated carbocycles. The zero-order chi connectivity index (χ0) is 10.6. The number of benzene rings is 1. The minimum atomic E-state index is -2.44. The maximum Gasteiger partial charge on any atom is 0.288 e. The van der Waals surface area contributed by atoms with E-state index in [1.165, 1.54) is 6.07 Å². The van der Waals surface area contributed by atoms with Gasteiger partial charge in [0, 0.05) is 11.4 Å². The smallest absolute Gasteiger partial charge is 0.288 e. The van der Waals surface area contributed by atoms with Crippen LogP contribution in [0.5, 0.6) is 0 Å². The van der Waals surface area contributed by atoms with Gasteiger partial charge >= 0.3 is 0 Å². The average molecular weight is 219 g/mol. The number of halogens is 2. The number of rotatable bonds is 4. The van der Waals surface area contributed by atoms with E-state index in [-0.39, 0.29) is 6.54 Å². The Labute approximate surface area is 85.1 Å². The van der Waals surface area contributed by atoms with Crippen molar-refractivity contribution in [3.8, 4) is 0 Å². The molecule has 0 radical (unpaired) electrons. The molecule has 0 unspecified atom stereocenters. The lowest BCUT2D eigenvalue weighted by atomic mass is 10.1. The average Bonchev–Trinajstić information content (AvgIpc) is 2.16. The molecule has 14 heavy (non-hydrogen) atoms. The van der Waals surface area contributed by atoms with Crippen LogP contribution >= 0.6 is 11.8 Å². The summed E-state index contributed by atoms with van der Waals surface area (Å²) in [6.07, 6.45) is -0.784. The normalized spacial score (nSPS) is 13.2. The molecular formula is C9H11F2NOS. The van der Waals surface area contributed by atoms with E-state index in [1.807, 2.05) is 0 Å². The van der Waals surface area contributed by atoms with Gasteiger partial charge in [0.1, 0.15) is 0 Å². The van der Waals surface area contributed by atoms with Crippen LogP contribution in [0.3, 0.4) is 0 Å². The summed E-state index contributed by atoms with van der Waals surface area (Å²) in [6.45, 7) is 0.0861. The Kier molecular flexibility index (Phi) is 4.31. The summed E-state index contributed by atoms with van der Waals surface area (Å²) >= 11 is 0.455. The summed E-state index contributed by atoms with van der Waals surface area (Å²) < 4.78 is 24.0. The summed E-state index contributed by atoms with van der Waals surface area (Å²) in [6, 6.07) is 6.38. The maximum atomic E-state index is 12.0. The van der Waals surface area contributed by atoms with Gasteiger partial charge in [-0.25, -0.2) is 0 Å².